The second-order valence-corrected chi connectivity index (χ2v) is 7.93. The van der Waals surface area contributed by atoms with Crippen molar-refractivity contribution >= 4 is 17.3 Å². The van der Waals surface area contributed by atoms with Crippen molar-refractivity contribution in [2.24, 2.45) is 11.3 Å². The maximum atomic E-state index is 13.1. The summed E-state index contributed by atoms with van der Waals surface area (Å²) in [6.07, 6.45) is 1.04. The van der Waals surface area contributed by atoms with Crippen LogP contribution in [0.3, 0.4) is 0 Å². The fourth-order valence-electron chi connectivity index (χ4n) is 3.81. The molecular formula is C23H24O3. The van der Waals surface area contributed by atoms with Crippen LogP contribution >= 0.6 is 0 Å². The predicted molar refractivity (Wildman–Crippen MR) is 101 cm³/mol. The van der Waals surface area contributed by atoms with Gasteiger partial charge in [0.15, 0.2) is 5.78 Å². The summed E-state index contributed by atoms with van der Waals surface area (Å²) in [4.78, 5) is 38.4. The summed E-state index contributed by atoms with van der Waals surface area (Å²) in [5.41, 5.74) is 1.18. The van der Waals surface area contributed by atoms with Crippen molar-refractivity contribution in [1.82, 2.24) is 0 Å². The first kappa shape index (κ1) is 18.2. The molecule has 0 bridgehead atoms. The van der Waals surface area contributed by atoms with Crippen LogP contribution < -0.4 is 0 Å². The molecule has 0 aromatic heterocycles. The summed E-state index contributed by atoms with van der Waals surface area (Å²) in [7, 11) is 0. The smallest absolute Gasteiger partial charge is 0.170 e. The summed E-state index contributed by atoms with van der Waals surface area (Å²) in [6.45, 7) is 3.89. The Kier molecular flexibility index (Phi) is 5.17. The van der Waals surface area contributed by atoms with Crippen molar-refractivity contribution in [3.05, 3.63) is 71.8 Å². The van der Waals surface area contributed by atoms with Crippen molar-refractivity contribution in [3.8, 4) is 0 Å². The lowest BCUT2D eigenvalue weighted by molar-refractivity contribution is -0.139. The third-order valence-corrected chi connectivity index (χ3v) is 5.13. The Labute approximate surface area is 154 Å². The summed E-state index contributed by atoms with van der Waals surface area (Å²) < 4.78 is 0. The van der Waals surface area contributed by atoms with Crippen LogP contribution in [0.5, 0.6) is 0 Å². The van der Waals surface area contributed by atoms with E-state index in [1.54, 1.807) is 12.1 Å². The molecule has 3 heteroatoms. The van der Waals surface area contributed by atoms with E-state index in [4.69, 9.17) is 0 Å². The molecule has 0 N–H and O–H groups in total. The van der Waals surface area contributed by atoms with Gasteiger partial charge in [0.2, 0.25) is 0 Å². The highest BCUT2D eigenvalue weighted by atomic mass is 16.2. The quantitative estimate of drug-likeness (QED) is 0.585. The number of carbonyl (C=O) groups excluding carboxylic acids is 3. The standard InChI is InChI=1S/C23H24O3/c1-23(2)14-20(24)19(21(25)15-23)13-18(16-9-5-3-6-10-16)22(26)17-11-7-4-8-12-17/h3-12,18-19H,13-15H2,1-2H3. The molecule has 0 radical (unpaired) electrons. The molecule has 1 saturated carbocycles. The molecular weight excluding hydrogens is 324 g/mol. The summed E-state index contributed by atoms with van der Waals surface area (Å²) >= 11 is 0. The average Bonchev–Trinajstić information content (AvgIpc) is 2.61. The van der Waals surface area contributed by atoms with E-state index in [-0.39, 0.29) is 29.2 Å². The number of benzene rings is 2. The summed E-state index contributed by atoms with van der Waals surface area (Å²) in [5.74, 6) is -1.28. The lowest BCUT2D eigenvalue weighted by Gasteiger charge is -2.33. The topological polar surface area (TPSA) is 51.2 Å². The van der Waals surface area contributed by atoms with Crippen molar-refractivity contribution in [2.45, 2.75) is 39.0 Å². The Balaban J connectivity index is 1.91. The van der Waals surface area contributed by atoms with E-state index < -0.39 is 11.8 Å². The second-order valence-electron chi connectivity index (χ2n) is 7.93. The molecule has 26 heavy (non-hydrogen) atoms. The minimum atomic E-state index is -0.680. The number of hydrogen-bond donors (Lipinski definition) is 0. The molecule has 1 fully saturated rings. The highest BCUT2D eigenvalue weighted by molar-refractivity contribution is 6.07. The number of hydrogen-bond acceptors (Lipinski definition) is 3. The molecule has 3 rings (SSSR count). The molecule has 2 aromatic carbocycles. The lowest BCUT2D eigenvalue weighted by atomic mass is 9.68. The highest BCUT2D eigenvalue weighted by Crippen LogP contribution is 2.38. The number of ketones is 3. The van der Waals surface area contributed by atoms with E-state index in [9.17, 15) is 14.4 Å². The van der Waals surface area contributed by atoms with Crippen LogP contribution in [-0.4, -0.2) is 17.3 Å². The Morgan fingerprint density at radius 2 is 1.42 bits per heavy atom. The molecule has 2 aromatic rings. The number of carbonyl (C=O) groups is 3. The maximum Gasteiger partial charge on any atom is 0.170 e. The molecule has 0 aliphatic heterocycles. The Morgan fingerprint density at radius 1 is 0.923 bits per heavy atom. The normalized spacial score (nSPS) is 18.5. The van der Waals surface area contributed by atoms with Crippen molar-refractivity contribution in [3.63, 3.8) is 0 Å². The van der Waals surface area contributed by atoms with Gasteiger partial charge in [-0.15, -0.1) is 0 Å². The first-order valence-corrected chi connectivity index (χ1v) is 9.07. The predicted octanol–water partition coefficient (Wildman–Crippen LogP) is 4.62. The zero-order valence-electron chi connectivity index (χ0n) is 15.3. The van der Waals surface area contributed by atoms with Gasteiger partial charge in [-0.2, -0.15) is 0 Å². The van der Waals surface area contributed by atoms with Crippen LogP contribution in [0.15, 0.2) is 60.7 Å². The van der Waals surface area contributed by atoms with Gasteiger partial charge < -0.3 is 0 Å². The maximum absolute atomic E-state index is 13.1. The zero-order valence-corrected chi connectivity index (χ0v) is 15.3. The average molecular weight is 348 g/mol. The molecule has 3 nitrogen and oxygen atoms in total. The zero-order chi connectivity index (χ0) is 18.7. The van der Waals surface area contributed by atoms with E-state index in [0.717, 1.165) is 5.56 Å². The van der Waals surface area contributed by atoms with Gasteiger partial charge in [-0.05, 0) is 17.4 Å². The minimum absolute atomic E-state index is 0.0342. The molecule has 1 aliphatic carbocycles. The van der Waals surface area contributed by atoms with Crippen LogP contribution in [0.25, 0.3) is 0 Å². The monoisotopic (exact) mass is 348 g/mol. The van der Waals surface area contributed by atoms with Gasteiger partial charge in [0.25, 0.3) is 0 Å². The van der Waals surface area contributed by atoms with E-state index >= 15 is 0 Å². The summed E-state index contributed by atoms with van der Waals surface area (Å²) in [5, 5.41) is 0. The first-order chi connectivity index (χ1) is 12.4. The van der Waals surface area contributed by atoms with Crippen molar-refractivity contribution in [1.29, 1.82) is 0 Å². The van der Waals surface area contributed by atoms with Crippen LogP contribution in [-0.2, 0) is 9.59 Å². The molecule has 0 spiro atoms. The Morgan fingerprint density at radius 3 is 1.96 bits per heavy atom. The number of rotatable bonds is 5. The van der Waals surface area contributed by atoms with Crippen LogP contribution in [0.2, 0.25) is 0 Å². The van der Waals surface area contributed by atoms with Gasteiger partial charge in [0, 0.05) is 24.3 Å². The van der Waals surface area contributed by atoms with Crippen LogP contribution in [0, 0.1) is 11.3 Å². The molecule has 0 amide bonds. The van der Waals surface area contributed by atoms with E-state index in [2.05, 4.69) is 0 Å². The minimum Gasteiger partial charge on any atom is -0.299 e. The Bertz CT molecular complexity index is 786. The van der Waals surface area contributed by atoms with Crippen LogP contribution in [0.4, 0.5) is 0 Å². The molecule has 134 valence electrons. The highest BCUT2D eigenvalue weighted by Gasteiger charge is 2.41. The molecule has 1 unspecified atom stereocenters. The second kappa shape index (κ2) is 7.36. The van der Waals surface area contributed by atoms with Gasteiger partial charge in [-0.3, -0.25) is 14.4 Å². The lowest BCUT2D eigenvalue weighted by Crippen LogP contribution is -2.39. The van der Waals surface area contributed by atoms with Crippen LogP contribution in [0.1, 0.15) is 54.9 Å². The largest absolute Gasteiger partial charge is 0.299 e. The third kappa shape index (κ3) is 3.98. The Hall–Kier alpha value is -2.55. The molecule has 0 heterocycles. The van der Waals surface area contributed by atoms with E-state index in [1.807, 2.05) is 62.4 Å². The third-order valence-electron chi connectivity index (χ3n) is 5.13. The van der Waals surface area contributed by atoms with Gasteiger partial charge in [0.05, 0.1) is 5.92 Å². The van der Waals surface area contributed by atoms with Gasteiger partial charge in [0.1, 0.15) is 11.6 Å². The number of Topliss-reactive ketones (excluding diaryl/α,β-unsaturated/α-hetero) is 3. The fraction of sp³-hybridized carbons (Fsp3) is 0.348. The van der Waals surface area contributed by atoms with E-state index in [1.165, 1.54) is 0 Å². The SMILES string of the molecule is CC1(C)CC(=O)C(CC(C(=O)c2ccccc2)c2ccccc2)C(=O)C1. The van der Waals surface area contributed by atoms with Crippen molar-refractivity contribution < 1.29 is 14.4 Å². The fourth-order valence-corrected chi connectivity index (χ4v) is 3.81. The van der Waals surface area contributed by atoms with Gasteiger partial charge in [-0.25, -0.2) is 0 Å². The van der Waals surface area contributed by atoms with Crippen molar-refractivity contribution in [2.75, 3.05) is 0 Å². The molecule has 1 aliphatic rings. The van der Waals surface area contributed by atoms with Gasteiger partial charge in [-0.1, -0.05) is 74.5 Å². The van der Waals surface area contributed by atoms with E-state index in [0.29, 0.717) is 18.4 Å². The molecule has 0 saturated heterocycles. The molecule has 1 atom stereocenters. The first-order valence-electron chi connectivity index (χ1n) is 9.07. The summed E-state index contributed by atoms with van der Waals surface area (Å²) in [6, 6.07) is 18.5. The van der Waals surface area contributed by atoms with Gasteiger partial charge >= 0.3 is 0 Å².